The van der Waals surface area contributed by atoms with E-state index in [0.717, 1.165) is 48.9 Å². The van der Waals surface area contributed by atoms with Crippen LogP contribution in [0.5, 0.6) is 0 Å². The topological polar surface area (TPSA) is 46.3 Å². The SMILES string of the molecule is O=C(C1CCCCC1)N1CCc2noc(-c3ccc(F)cc3)c2C1. The number of hydrogen-bond donors (Lipinski definition) is 0. The summed E-state index contributed by atoms with van der Waals surface area (Å²) in [5.41, 5.74) is 2.69. The predicted molar refractivity (Wildman–Crippen MR) is 87.6 cm³/mol. The van der Waals surface area contributed by atoms with E-state index in [1.54, 1.807) is 12.1 Å². The molecule has 4 nitrogen and oxygen atoms in total. The van der Waals surface area contributed by atoms with E-state index in [4.69, 9.17) is 4.52 Å². The molecule has 1 aromatic carbocycles. The van der Waals surface area contributed by atoms with E-state index in [9.17, 15) is 9.18 Å². The lowest BCUT2D eigenvalue weighted by Gasteiger charge is -2.31. The van der Waals surface area contributed by atoms with Crippen LogP contribution in [0.2, 0.25) is 0 Å². The summed E-state index contributed by atoms with van der Waals surface area (Å²) < 4.78 is 18.6. The fourth-order valence-electron chi connectivity index (χ4n) is 3.84. The fourth-order valence-corrected chi connectivity index (χ4v) is 3.84. The van der Waals surface area contributed by atoms with E-state index in [1.165, 1.54) is 18.6 Å². The molecule has 2 aromatic rings. The fraction of sp³-hybridized carbons (Fsp3) is 0.474. The van der Waals surface area contributed by atoms with Crippen molar-refractivity contribution >= 4 is 5.91 Å². The molecule has 0 unspecified atom stereocenters. The van der Waals surface area contributed by atoms with Crippen LogP contribution in [0.15, 0.2) is 28.8 Å². The van der Waals surface area contributed by atoms with Gasteiger partial charge in [0.05, 0.1) is 12.2 Å². The molecule has 5 heteroatoms. The summed E-state index contributed by atoms with van der Waals surface area (Å²) in [6.45, 7) is 1.25. The third-order valence-corrected chi connectivity index (χ3v) is 5.21. The standard InChI is InChI=1S/C19H21FN2O2/c20-15-8-6-13(7-9-15)18-16-12-22(11-10-17(16)21-24-18)19(23)14-4-2-1-3-5-14/h6-9,14H,1-5,10-12H2. The largest absolute Gasteiger partial charge is 0.356 e. The van der Waals surface area contributed by atoms with Gasteiger partial charge in [-0.15, -0.1) is 0 Å². The minimum absolute atomic E-state index is 0.175. The smallest absolute Gasteiger partial charge is 0.225 e. The lowest BCUT2D eigenvalue weighted by atomic mass is 9.87. The molecule has 126 valence electrons. The Balaban J connectivity index is 1.56. The van der Waals surface area contributed by atoms with Crippen LogP contribution in [-0.2, 0) is 17.8 Å². The van der Waals surface area contributed by atoms with E-state index < -0.39 is 0 Å². The first-order chi connectivity index (χ1) is 11.7. The molecule has 0 atom stereocenters. The first-order valence-electron chi connectivity index (χ1n) is 8.74. The third-order valence-electron chi connectivity index (χ3n) is 5.21. The highest BCUT2D eigenvalue weighted by Crippen LogP contribution is 2.32. The van der Waals surface area contributed by atoms with Crippen molar-refractivity contribution in [2.24, 2.45) is 5.92 Å². The van der Waals surface area contributed by atoms with Gasteiger partial charge >= 0.3 is 0 Å². The number of carbonyl (C=O) groups excluding carboxylic acids is 1. The Bertz CT molecular complexity index is 732. The number of halogens is 1. The Kier molecular flexibility index (Phi) is 4.08. The van der Waals surface area contributed by atoms with Gasteiger partial charge in [-0.25, -0.2) is 4.39 Å². The molecular weight excluding hydrogens is 307 g/mol. The normalized spacial score (nSPS) is 18.5. The van der Waals surface area contributed by atoms with Crippen molar-refractivity contribution in [1.29, 1.82) is 0 Å². The molecule has 4 rings (SSSR count). The molecule has 0 bridgehead atoms. The first-order valence-corrected chi connectivity index (χ1v) is 8.74. The number of nitrogens with zero attached hydrogens (tertiary/aromatic N) is 2. The Labute approximate surface area is 140 Å². The molecule has 24 heavy (non-hydrogen) atoms. The van der Waals surface area contributed by atoms with Gasteiger partial charge in [0.25, 0.3) is 0 Å². The van der Waals surface area contributed by atoms with Gasteiger partial charge in [-0.05, 0) is 37.1 Å². The minimum Gasteiger partial charge on any atom is -0.356 e. The number of hydrogen-bond acceptors (Lipinski definition) is 3. The van der Waals surface area contributed by atoms with Crippen molar-refractivity contribution in [3.05, 3.63) is 41.3 Å². The van der Waals surface area contributed by atoms with Crippen molar-refractivity contribution in [2.45, 2.75) is 45.1 Å². The van der Waals surface area contributed by atoms with Gasteiger partial charge in [0, 0.05) is 30.0 Å². The molecule has 1 aliphatic heterocycles. The van der Waals surface area contributed by atoms with E-state index in [-0.39, 0.29) is 17.6 Å². The average molecular weight is 328 g/mol. The Morgan fingerprint density at radius 3 is 2.67 bits per heavy atom. The number of carbonyl (C=O) groups is 1. The summed E-state index contributed by atoms with van der Waals surface area (Å²) in [7, 11) is 0. The van der Waals surface area contributed by atoms with Gasteiger partial charge in [0.2, 0.25) is 5.91 Å². The van der Waals surface area contributed by atoms with Crippen LogP contribution in [0.3, 0.4) is 0 Å². The molecule has 2 heterocycles. The molecule has 0 saturated heterocycles. The van der Waals surface area contributed by atoms with Crippen molar-refractivity contribution in [2.75, 3.05) is 6.54 Å². The van der Waals surface area contributed by atoms with Gasteiger partial charge in [-0.1, -0.05) is 24.4 Å². The summed E-state index contributed by atoms with van der Waals surface area (Å²) in [5, 5.41) is 4.16. The number of rotatable bonds is 2. The number of fused-ring (bicyclic) bond motifs is 1. The van der Waals surface area contributed by atoms with Crippen molar-refractivity contribution in [3.8, 4) is 11.3 Å². The highest BCUT2D eigenvalue weighted by Gasteiger charge is 2.31. The molecule has 0 radical (unpaired) electrons. The molecule has 1 fully saturated rings. The maximum Gasteiger partial charge on any atom is 0.225 e. The molecule has 1 amide bonds. The van der Waals surface area contributed by atoms with Crippen LogP contribution in [0.1, 0.15) is 43.4 Å². The highest BCUT2D eigenvalue weighted by atomic mass is 19.1. The second-order valence-electron chi connectivity index (χ2n) is 6.79. The lowest BCUT2D eigenvalue weighted by Crippen LogP contribution is -2.40. The Hall–Kier alpha value is -2.17. The molecule has 0 spiro atoms. The van der Waals surface area contributed by atoms with Gasteiger partial charge in [0.1, 0.15) is 5.82 Å². The van der Waals surface area contributed by atoms with Crippen LogP contribution >= 0.6 is 0 Å². The zero-order chi connectivity index (χ0) is 16.5. The van der Waals surface area contributed by atoms with Gasteiger partial charge in [-0.2, -0.15) is 0 Å². The quantitative estimate of drug-likeness (QED) is 0.839. The molecule has 1 saturated carbocycles. The third kappa shape index (κ3) is 2.83. The van der Waals surface area contributed by atoms with Gasteiger partial charge in [-0.3, -0.25) is 4.79 Å². The van der Waals surface area contributed by atoms with Crippen molar-refractivity contribution < 1.29 is 13.7 Å². The summed E-state index contributed by atoms with van der Waals surface area (Å²) in [5.74, 6) is 0.827. The van der Waals surface area contributed by atoms with Gasteiger partial charge < -0.3 is 9.42 Å². The summed E-state index contributed by atoms with van der Waals surface area (Å²) in [6.07, 6.45) is 6.30. The molecular formula is C19H21FN2O2. The maximum atomic E-state index is 13.1. The maximum absolute atomic E-state index is 13.1. The zero-order valence-corrected chi connectivity index (χ0v) is 13.6. The Morgan fingerprint density at radius 2 is 1.92 bits per heavy atom. The van der Waals surface area contributed by atoms with Crippen LogP contribution in [0, 0.1) is 11.7 Å². The van der Waals surface area contributed by atoms with E-state index in [2.05, 4.69) is 5.16 Å². The predicted octanol–water partition coefficient (Wildman–Crippen LogP) is 3.95. The molecule has 1 aliphatic carbocycles. The van der Waals surface area contributed by atoms with E-state index in [1.807, 2.05) is 4.90 Å². The average Bonchev–Trinajstić information content (AvgIpc) is 3.05. The summed E-state index contributed by atoms with van der Waals surface area (Å²) in [4.78, 5) is 14.7. The zero-order valence-electron chi connectivity index (χ0n) is 13.6. The highest BCUT2D eigenvalue weighted by molar-refractivity contribution is 5.79. The minimum atomic E-state index is -0.277. The Morgan fingerprint density at radius 1 is 1.17 bits per heavy atom. The summed E-state index contributed by atoms with van der Waals surface area (Å²) in [6, 6.07) is 6.21. The molecule has 1 aromatic heterocycles. The van der Waals surface area contributed by atoms with Crippen molar-refractivity contribution in [3.63, 3.8) is 0 Å². The van der Waals surface area contributed by atoms with Gasteiger partial charge in [0.15, 0.2) is 5.76 Å². The second-order valence-corrected chi connectivity index (χ2v) is 6.79. The monoisotopic (exact) mass is 328 g/mol. The summed E-state index contributed by atoms with van der Waals surface area (Å²) >= 11 is 0. The second kappa shape index (κ2) is 6.38. The van der Waals surface area contributed by atoms with Crippen LogP contribution < -0.4 is 0 Å². The van der Waals surface area contributed by atoms with Crippen LogP contribution in [0.4, 0.5) is 4.39 Å². The number of benzene rings is 1. The van der Waals surface area contributed by atoms with E-state index in [0.29, 0.717) is 18.8 Å². The lowest BCUT2D eigenvalue weighted by molar-refractivity contribution is -0.137. The van der Waals surface area contributed by atoms with Crippen LogP contribution in [-0.4, -0.2) is 22.5 Å². The molecule has 0 N–H and O–H groups in total. The first kappa shape index (κ1) is 15.4. The van der Waals surface area contributed by atoms with Crippen molar-refractivity contribution in [1.82, 2.24) is 10.1 Å². The number of aromatic nitrogens is 1. The van der Waals surface area contributed by atoms with Crippen LogP contribution in [0.25, 0.3) is 11.3 Å². The van der Waals surface area contributed by atoms with E-state index >= 15 is 0 Å². The molecule has 2 aliphatic rings. The number of amides is 1.